The number of methoxy groups -OCH3 is 1. The third-order valence-electron chi connectivity index (χ3n) is 4.66. The second kappa shape index (κ2) is 8.69. The van der Waals surface area contributed by atoms with Crippen LogP contribution in [0.1, 0.15) is 31.0 Å². The van der Waals surface area contributed by atoms with E-state index in [0.717, 1.165) is 0 Å². The highest BCUT2D eigenvalue weighted by atomic mass is 19.3. The molecule has 2 heterocycles. The number of anilines is 2. The van der Waals surface area contributed by atoms with Gasteiger partial charge in [0.15, 0.2) is 0 Å². The summed E-state index contributed by atoms with van der Waals surface area (Å²) >= 11 is 0. The zero-order valence-corrected chi connectivity index (χ0v) is 16.5. The SMILES string of the molecule is COCC(C)Oc1ccc(N)c(C(=N)c2cc(N3CCCC(F)(F)C3)ncn2)c1. The number of nitrogens with zero attached hydrogens (tertiary/aromatic N) is 3. The molecule has 1 aliphatic heterocycles. The van der Waals surface area contributed by atoms with Gasteiger partial charge in [0.2, 0.25) is 0 Å². The van der Waals surface area contributed by atoms with Crippen LogP contribution in [0.5, 0.6) is 5.75 Å². The first-order valence-electron chi connectivity index (χ1n) is 9.38. The number of ether oxygens (including phenoxy) is 2. The lowest BCUT2D eigenvalue weighted by Crippen LogP contribution is -2.43. The minimum atomic E-state index is -2.74. The Morgan fingerprint density at radius 3 is 2.86 bits per heavy atom. The van der Waals surface area contributed by atoms with Crippen molar-refractivity contribution in [3.05, 3.63) is 41.9 Å². The third-order valence-corrected chi connectivity index (χ3v) is 4.66. The number of nitrogens with one attached hydrogen (secondary N) is 1. The molecule has 156 valence electrons. The van der Waals surface area contributed by atoms with E-state index in [1.165, 1.54) is 11.2 Å². The Kier molecular flexibility index (Phi) is 6.26. The van der Waals surface area contributed by atoms with Crippen molar-refractivity contribution in [1.29, 1.82) is 5.41 Å². The van der Waals surface area contributed by atoms with Gasteiger partial charge in [-0.25, -0.2) is 18.7 Å². The van der Waals surface area contributed by atoms with E-state index in [1.807, 2.05) is 6.92 Å². The van der Waals surface area contributed by atoms with E-state index in [4.69, 9.17) is 20.6 Å². The lowest BCUT2D eigenvalue weighted by atomic mass is 10.0. The number of benzene rings is 1. The summed E-state index contributed by atoms with van der Waals surface area (Å²) < 4.78 is 38.3. The maximum atomic E-state index is 13.8. The maximum absolute atomic E-state index is 13.8. The van der Waals surface area contributed by atoms with E-state index in [-0.39, 0.29) is 24.8 Å². The Morgan fingerprint density at radius 1 is 1.34 bits per heavy atom. The zero-order chi connectivity index (χ0) is 21.0. The molecule has 29 heavy (non-hydrogen) atoms. The van der Waals surface area contributed by atoms with Gasteiger partial charge < -0.3 is 20.1 Å². The number of hydrogen-bond donors (Lipinski definition) is 2. The van der Waals surface area contributed by atoms with Crippen molar-refractivity contribution >= 4 is 17.2 Å². The molecule has 2 aromatic rings. The molecule has 3 rings (SSSR count). The van der Waals surface area contributed by atoms with E-state index in [1.54, 1.807) is 31.4 Å². The zero-order valence-electron chi connectivity index (χ0n) is 16.5. The van der Waals surface area contributed by atoms with Gasteiger partial charge in [0, 0.05) is 37.4 Å². The summed E-state index contributed by atoms with van der Waals surface area (Å²) in [5.41, 5.74) is 7.27. The topological polar surface area (TPSA) is 97.4 Å². The molecule has 1 aromatic carbocycles. The summed E-state index contributed by atoms with van der Waals surface area (Å²) in [5.74, 6) is -1.82. The minimum absolute atomic E-state index is 0.0692. The summed E-state index contributed by atoms with van der Waals surface area (Å²) in [4.78, 5) is 9.79. The van der Waals surface area contributed by atoms with Crippen molar-refractivity contribution in [2.45, 2.75) is 31.8 Å². The Labute approximate surface area is 168 Å². The van der Waals surface area contributed by atoms with Crippen LogP contribution < -0.4 is 15.4 Å². The number of halogens is 2. The summed E-state index contributed by atoms with van der Waals surface area (Å²) in [6.45, 7) is 2.39. The lowest BCUT2D eigenvalue weighted by Gasteiger charge is -2.33. The van der Waals surface area contributed by atoms with E-state index in [2.05, 4.69) is 9.97 Å². The first kappa shape index (κ1) is 20.9. The molecule has 1 unspecified atom stereocenters. The van der Waals surface area contributed by atoms with Gasteiger partial charge in [0.25, 0.3) is 5.92 Å². The van der Waals surface area contributed by atoms with Crippen LogP contribution in [0, 0.1) is 5.41 Å². The predicted octanol–water partition coefficient (Wildman–Crippen LogP) is 3.12. The average molecular weight is 405 g/mol. The largest absolute Gasteiger partial charge is 0.488 e. The molecular weight excluding hydrogens is 380 g/mol. The molecule has 9 heteroatoms. The van der Waals surface area contributed by atoms with Crippen LogP contribution in [0.15, 0.2) is 30.6 Å². The van der Waals surface area contributed by atoms with Gasteiger partial charge in [-0.2, -0.15) is 0 Å². The van der Waals surface area contributed by atoms with Crippen LogP contribution in [0.3, 0.4) is 0 Å². The molecule has 1 fully saturated rings. The quantitative estimate of drug-likeness (QED) is 0.543. The van der Waals surface area contributed by atoms with Gasteiger partial charge in [-0.3, -0.25) is 5.41 Å². The number of rotatable bonds is 7. The molecule has 3 N–H and O–H groups in total. The summed E-state index contributed by atoms with van der Waals surface area (Å²) in [5, 5.41) is 8.54. The number of piperidine rings is 1. The van der Waals surface area contributed by atoms with Crippen molar-refractivity contribution in [3.63, 3.8) is 0 Å². The van der Waals surface area contributed by atoms with E-state index < -0.39 is 5.92 Å². The molecule has 0 spiro atoms. The molecule has 0 radical (unpaired) electrons. The summed E-state index contributed by atoms with van der Waals surface area (Å²) in [6.07, 6.45) is 1.37. The smallest absolute Gasteiger partial charge is 0.265 e. The normalized spacial score (nSPS) is 17.0. The van der Waals surface area contributed by atoms with E-state index in [0.29, 0.717) is 48.1 Å². The predicted molar refractivity (Wildman–Crippen MR) is 107 cm³/mol. The van der Waals surface area contributed by atoms with Crippen LogP contribution in [-0.4, -0.2) is 54.5 Å². The van der Waals surface area contributed by atoms with Crippen LogP contribution in [0.2, 0.25) is 0 Å². The van der Waals surface area contributed by atoms with Gasteiger partial charge in [-0.1, -0.05) is 0 Å². The van der Waals surface area contributed by atoms with E-state index >= 15 is 0 Å². The fraction of sp³-hybridized carbons (Fsp3) is 0.450. The van der Waals surface area contributed by atoms with Crippen LogP contribution in [0.4, 0.5) is 20.3 Å². The molecule has 7 nitrogen and oxygen atoms in total. The van der Waals surface area contributed by atoms with Gasteiger partial charge in [-0.05, 0) is 31.5 Å². The van der Waals surface area contributed by atoms with Crippen LogP contribution in [-0.2, 0) is 4.74 Å². The lowest BCUT2D eigenvalue weighted by molar-refractivity contribution is -0.0118. The van der Waals surface area contributed by atoms with Crippen molar-refractivity contribution in [2.24, 2.45) is 0 Å². The Morgan fingerprint density at radius 2 is 2.14 bits per heavy atom. The van der Waals surface area contributed by atoms with Gasteiger partial charge >= 0.3 is 0 Å². The van der Waals surface area contributed by atoms with Gasteiger partial charge in [0.1, 0.15) is 24.0 Å². The highest BCUT2D eigenvalue weighted by molar-refractivity contribution is 6.13. The maximum Gasteiger partial charge on any atom is 0.265 e. The highest BCUT2D eigenvalue weighted by Gasteiger charge is 2.35. The van der Waals surface area contributed by atoms with Crippen LogP contribution in [0.25, 0.3) is 0 Å². The Bertz CT molecular complexity index is 878. The molecule has 1 aliphatic rings. The Balaban J connectivity index is 1.83. The molecular formula is C20H25F2N5O2. The number of alkyl halides is 2. The first-order valence-corrected chi connectivity index (χ1v) is 9.38. The number of aromatic nitrogens is 2. The molecule has 0 bridgehead atoms. The second-order valence-electron chi connectivity index (χ2n) is 7.15. The van der Waals surface area contributed by atoms with Crippen LogP contribution >= 0.6 is 0 Å². The number of hydrogen-bond acceptors (Lipinski definition) is 7. The average Bonchev–Trinajstić information content (AvgIpc) is 2.68. The molecule has 0 aliphatic carbocycles. The minimum Gasteiger partial charge on any atom is -0.488 e. The molecule has 1 atom stereocenters. The Hall–Kier alpha value is -2.81. The summed E-state index contributed by atoms with van der Waals surface area (Å²) in [7, 11) is 1.59. The second-order valence-corrected chi connectivity index (χ2v) is 7.15. The molecule has 0 saturated carbocycles. The monoisotopic (exact) mass is 405 g/mol. The third kappa shape index (κ3) is 5.17. The van der Waals surface area contributed by atoms with Crippen molar-refractivity contribution in [3.8, 4) is 5.75 Å². The first-order chi connectivity index (χ1) is 13.8. The van der Waals surface area contributed by atoms with E-state index in [9.17, 15) is 8.78 Å². The fourth-order valence-electron chi connectivity index (χ4n) is 3.28. The molecule has 0 amide bonds. The van der Waals surface area contributed by atoms with Gasteiger partial charge in [0.05, 0.1) is 24.6 Å². The number of nitrogen functional groups attached to an aromatic ring is 1. The van der Waals surface area contributed by atoms with Crippen molar-refractivity contribution < 1.29 is 18.3 Å². The van der Waals surface area contributed by atoms with Crippen molar-refractivity contribution in [2.75, 3.05) is 37.4 Å². The van der Waals surface area contributed by atoms with Crippen molar-refractivity contribution in [1.82, 2.24) is 9.97 Å². The molecule has 1 saturated heterocycles. The molecule has 1 aromatic heterocycles. The van der Waals surface area contributed by atoms with Gasteiger partial charge in [-0.15, -0.1) is 0 Å². The standard InChI is InChI=1S/C20H25F2N5O2/c1-13(10-28-2)29-14-4-5-16(23)15(8-14)19(24)17-9-18(26-12-25-17)27-7-3-6-20(21,22)11-27/h4-5,8-9,12-13,24H,3,6-7,10-11,23H2,1-2H3. The fourth-order valence-corrected chi connectivity index (χ4v) is 3.28. The number of nitrogens with two attached hydrogens (primary N) is 1. The summed E-state index contributed by atoms with van der Waals surface area (Å²) in [6, 6.07) is 6.59. The highest BCUT2D eigenvalue weighted by Crippen LogP contribution is 2.30.